The minimum Gasteiger partial charge on any atom is -0.369 e. The van der Waals surface area contributed by atoms with Crippen LogP contribution in [0, 0.1) is 6.92 Å². The molecule has 0 N–H and O–H groups in total. The normalized spacial score (nSPS) is 16.7. The largest absolute Gasteiger partial charge is 0.369 e. The number of sulfonamides is 1. The van der Waals surface area contributed by atoms with Crippen molar-refractivity contribution < 1.29 is 8.42 Å². The Bertz CT molecular complexity index is 866. The Kier molecular flexibility index (Phi) is 5.08. The zero-order valence-electron chi connectivity index (χ0n) is 15.9. The molecule has 2 aromatic rings. The Morgan fingerprint density at radius 2 is 1.58 bits per heavy atom. The minimum atomic E-state index is -3.49. The maximum Gasteiger partial charge on any atom is 0.243 e. The summed E-state index contributed by atoms with van der Waals surface area (Å²) in [6.45, 7) is 10.5. The zero-order chi connectivity index (χ0) is 18.9. The van der Waals surface area contributed by atoms with E-state index in [1.807, 2.05) is 37.3 Å². The molecular formula is C20H27N3O2S. The Labute approximate surface area is 156 Å². The highest BCUT2D eigenvalue weighted by Gasteiger charge is 2.30. The van der Waals surface area contributed by atoms with Gasteiger partial charge in [-0.05, 0) is 41.7 Å². The summed E-state index contributed by atoms with van der Waals surface area (Å²) in [6.07, 6.45) is 3.53. The van der Waals surface area contributed by atoms with Crippen LogP contribution in [0.2, 0.25) is 0 Å². The summed E-state index contributed by atoms with van der Waals surface area (Å²) in [5.74, 6) is 0. The summed E-state index contributed by atoms with van der Waals surface area (Å²) in [4.78, 5) is 6.67. The fourth-order valence-electron chi connectivity index (χ4n) is 3.23. The highest BCUT2D eigenvalue weighted by Crippen LogP contribution is 2.29. The lowest BCUT2D eigenvalue weighted by Crippen LogP contribution is -2.48. The van der Waals surface area contributed by atoms with Crippen LogP contribution >= 0.6 is 0 Å². The lowest BCUT2D eigenvalue weighted by Gasteiger charge is -2.35. The number of aryl methyl sites for hydroxylation is 1. The molecule has 1 saturated heterocycles. The predicted molar refractivity (Wildman–Crippen MR) is 105 cm³/mol. The van der Waals surface area contributed by atoms with E-state index in [0.717, 1.165) is 16.8 Å². The Balaban J connectivity index is 1.82. The number of rotatable bonds is 3. The van der Waals surface area contributed by atoms with Crippen LogP contribution in [0.3, 0.4) is 0 Å². The van der Waals surface area contributed by atoms with Gasteiger partial charge in [0.05, 0.1) is 4.90 Å². The molecule has 1 fully saturated rings. The topological polar surface area (TPSA) is 53.5 Å². The van der Waals surface area contributed by atoms with Crippen LogP contribution in [0.25, 0.3) is 0 Å². The van der Waals surface area contributed by atoms with Crippen LogP contribution < -0.4 is 4.90 Å². The van der Waals surface area contributed by atoms with Gasteiger partial charge in [0.2, 0.25) is 10.0 Å². The molecule has 26 heavy (non-hydrogen) atoms. The summed E-state index contributed by atoms with van der Waals surface area (Å²) in [7, 11) is -3.49. The van der Waals surface area contributed by atoms with Gasteiger partial charge in [0.25, 0.3) is 0 Å². The predicted octanol–water partition coefficient (Wildman–Crippen LogP) is 3.20. The average molecular weight is 374 g/mol. The second-order valence-electron chi connectivity index (χ2n) is 7.83. The van der Waals surface area contributed by atoms with E-state index in [1.165, 1.54) is 0 Å². The van der Waals surface area contributed by atoms with Gasteiger partial charge in [-0.3, -0.25) is 4.98 Å². The quantitative estimate of drug-likeness (QED) is 0.829. The van der Waals surface area contributed by atoms with E-state index >= 15 is 0 Å². The first kappa shape index (κ1) is 18.9. The first-order valence-corrected chi connectivity index (χ1v) is 10.4. The van der Waals surface area contributed by atoms with E-state index in [4.69, 9.17) is 0 Å². The summed E-state index contributed by atoms with van der Waals surface area (Å²) >= 11 is 0. The third-order valence-electron chi connectivity index (χ3n) is 4.94. The number of piperazine rings is 1. The molecule has 1 aromatic carbocycles. The second kappa shape index (κ2) is 7.00. The lowest BCUT2D eigenvalue weighted by atomic mass is 9.87. The van der Waals surface area contributed by atoms with Crippen molar-refractivity contribution in [2.24, 2.45) is 0 Å². The summed E-state index contributed by atoms with van der Waals surface area (Å²) in [6, 6.07) is 9.71. The maximum atomic E-state index is 13.2. The number of pyridine rings is 1. The van der Waals surface area contributed by atoms with Gasteiger partial charge in [-0.1, -0.05) is 32.9 Å². The minimum absolute atomic E-state index is 0.0853. The number of hydrogen-bond acceptors (Lipinski definition) is 4. The molecule has 1 aliphatic rings. The Hall–Kier alpha value is -1.92. The van der Waals surface area contributed by atoms with Crippen molar-refractivity contribution in [2.75, 3.05) is 31.1 Å². The molecule has 6 heteroatoms. The van der Waals surface area contributed by atoms with Crippen molar-refractivity contribution in [1.29, 1.82) is 0 Å². The molecular weight excluding hydrogens is 346 g/mol. The molecule has 1 aromatic heterocycles. The molecule has 0 spiro atoms. The van der Waals surface area contributed by atoms with Crippen LogP contribution in [0.1, 0.15) is 31.9 Å². The van der Waals surface area contributed by atoms with Crippen LogP contribution in [0.15, 0.2) is 47.6 Å². The first-order chi connectivity index (χ1) is 12.2. The second-order valence-corrected chi connectivity index (χ2v) is 9.73. The van der Waals surface area contributed by atoms with Crippen LogP contribution in [0.4, 0.5) is 5.69 Å². The number of anilines is 1. The Morgan fingerprint density at radius 1 is 0.962 bits per heavy atom. The van der Waals surface area contributed by atoms with Crippen molar-refractivity contribution in [3.63, 3.8) is 0 Å². The molecule has 3 rings (SSSR count). The van der Waals surface area contributed by atoms with Crippen molar-refractivity contribution in [3.05, 3.63) is 53.9 Å². The van der Waals surface area contributed by atoms with Gasteiger partial charge in [0.1, 0.15) is 0 Å². The summed E-state index contributed by atoms with van der Waals surface area (Å²) in [5, 5.41) is 0. The fraction of sp³-hybridized carbons (Fsp3) is 0.450. The van der Waals surface area contributed by atoms with Gasteiger partial charge >= 0.3 is 0 Å². The van der Waals surface area contributed by atoms with E-state index in [1.54, 1.807) is 16.7 Å². The third kappa shape index (κ3) is 3.76. The van der Waals surface area contributed by atoms with Crippen LogP contribution in [-0.4, -0.2) is 43.9 Å². The van der Waals surface area contributed by atoms with Crippen molar-refractivity contribution in [3.8, 4) is 0 Å². The first-order valence-electron chi connectivity index (χ1n) is 8.96. The smallest absolute Gasteiger partial charge is 0.243 e. The van der Waals surface area contributed by atoms with Crippen LogP contribution in [-0.2, 0) is 15.4 Å². The standard InChI is InChI=1S/C20H27N3O2S/c1-16-5-6-17(20(2,3)4)15-19(16)26(24,25)23-13-11-22(12-14-23)18-7-9-21-10-8-18/h5-10,15H,11-14H2,1-4H3. The highest BCUT2D eigenvalue weighted by atomic mass is 32.2. The Morgan fingerprint density at radius 3 is 2.15 bits per heavy atom. The SMILES string of the molecule is Cc1ccc(C(C)(C)C)cc1S(=O)(=O)N1CCN(c2ccncc2)CC1. The molecule has 0 radical (unpaired) electrons. The molecule has 0 amide bonds. The molecule has 0 atom stereocenters. The average Bonchev–Trinajstić information content (AvgIpc) is 2.62. The third-order valence-corrected chi connectivity index (χ3v) is 6.98. The van der Waals surface area contributed by atoms with E-state index in [2.05, 4.69) is 30.7 Å². The summed E-state index contributed by atoms with van der Waals surface area (Å²) < 4.78 is 28.1. The van der Waals surface area contributed by atoms with Crippen LogP contribution in [0.5, 0.6) is 0 Å². The molecule has 0 bridgehead atoms. The van der Waals surface area contributed by atoms with Crippen molar-refractivity contribution in [2.45, 2.75) is 38.0 Å². The number of aromatic nitrogens is 1. The number of nitrogens with zero attached hydrogens (tertiary/aromatic N) is 3. The lowest BCUT2D eigenvalue weighted by molar-refractivity contribution is 0.384. The van der Waals surface area contributed by atoms with E-state index in [9.17, 15) is 8.42 Å². The highest BCUT2D eigenvalue weighted by molar-refractivity contribution is 7.89. The van der Waals surface area contributed by atoms with Gasteiger partial charge in [0.15, 0.2) is 0 Å². The van der Waals surface area contributed by atoms with E-state index < -0.39 is 10.0 Å². The number of benzene rings is 1. The van der Waals surface area contributed by atoms with Crippen molar-refractivity contribution in [1.82, 2.24) is 9.29 Å². The molecule has 0 saturated carbocycles. The van der Waals surface area contributed by atoms with Gasteiger partial charge in [-0.2, -0.15) is 4.31 Å². The zero-order valence-corrected chi connectivity index (χ0v) is 16.8. The molecule has 5 nitrogen and oxygen atoms in total. The van der Waals surface area contributed by atoms with E-state index in [0.29, 0.717) is 31.1 Å². The number of hydrogen-bond donors (Lipinski definition) is 0. The molecule has 1 aliphatic heterocycles. The van der Waals surface area contributed by atoms with Gasteiger partial charge in [-0.15, -0.1) is 0 Å². The van der Waals surface area contributed by atoms with E-state index in [-0.39, 0.29) is 5.41 Å². The molecule has 0 aliphatic carbocycles. The van der Waals surface area contributed by atoms with Gasteiger partial charge in [0, 0.05) is 44.3 Å². The van der Waals surface area contributed by atoms with Gasteiger partial charge < -0.3 is 4.90 Å². The molecule has 140 valence electrons. The fourth-order valence-corrected chi connectivity index (χ4v) is 4.90. The van der Waals surface area contributed by atoms with Gasteiger partial charge in [-0.25, -0.2) is 8.42 Å². The summed E-state index contributed by atoms with van der Waals surface area (Å²) in [5.41, 5.74) is 2.84. The monoisotopic (exact) mass is 373 g/mol. The maximum absolute atomic E-state index is 13.2. The molecule has 2 heterocycles. The molecule has 0 unspecified atom stereocenters. The van der Waals surface area contributed by atoms with Crippen molar-refractivity contribution >= 4 is 15.7 Å².